The highest BCUT2D eigenvalue weighted by Gasteiger charge is 1.99. The van der Waals surface area contributed by atoms with E-state index in [1.165, 1.54) is 6.08 Å². The van der Waals surface area contributed by atoms with Gasteiger partial charge in [-0.25, -0.2) is 0 Å². The number of nitriles is 2. The third-order valence-corrected chi connectivity index (χ3v) is 2.82. The third kappa shape index (κ3) is 3.45. The summed E-state index contributed by atoms with van der Waals surface area (Å²) in [5, 5.41) is 17.6. The molecule has 0 saturated heterocycles. The number of rotatable bonds is 3. The summed E-state index contributed by atoms with van der Waals surface area (Å²) in [6, 6.07) is 21.5. The van der Waals surface area contributed by atoms with Crippen molar-refractivity contribution in [2.45, 2.75) is 0 Å². The molecule has 2 heteroatoms. The van der Waals surface area contributed by atoms with E-state index >= 15 is 0 Å². The van der Waals surface area contributed by atoms with Gasteiger partial charge in [0.15, 0.2) is 0 Å². The molecule has 20 heavy (non-hydrogen) atoms. The Morgan fingerprint density at radius 3 is 1.95 bits per heavy atom. The van der Waals surface area contributed by atoms with Gasteiger partial charge < -0.3 is 0 Å². The largest absolute Gasteiger partial charge is 0.193 e. The molecule has 2 aromatic rings. The Balaban J connectivity index is 2.18. The van der Waals surface area contributed by atoms with Gasteiger partial charge in [0.05, 0.1) is 11.6 Å². The van der Waals surface area contributed by atoms with Gasteiger partial charge in [-0.05, 0) is 16.7 Å². The minimum Gasteiger partial charge on any atom is -0.193 e. The van der Waals surface area contributed by atoms with Crippen molar-refractivity contribution < 1.29 is 0 Å². The van der Waals surface area contributed by atoms with E-state index in [1.54, 1.807) is 0 Å². The van der Waals surface area contributed by atoms with Crippen LogP contribution in [0.4, 0.5) is 0 Å². The Morgan fingerprint density at radius 1 is 0.800 bits per heavy atom. The van der Waals surface area contributed by atoms with Gasteiger partial charge in [0.25, 0.3) is 0 Å². The van der Waals surface area contributed by atoms with Crippen LogP contribution in [0.2, 0.25) is 0 Å². The zero-order chi connectivity index (χ0) is 14.2. The van der Waals surface area contributed by atoms with Gasteiger partial charge in [0.1, 0.15) is 6.07 Å². The van der Waals surface area contributed by atoms with Crippen molar-refractivity contribution in [1.82, 2.24) is 0 Å². The van der Waals surface area contributed by atoms with Crippen LogP contribution in [-0.2, 0) is 0 Å². The molecule has 0 saturated carbocycles. The van der Waals surface area contributed by atoms with Crippen LogP contribution in [0.5, 0.6) is 0 Å². The van der Waals surface area contributed by atoms with Crippen LogP contribution in [0, 0.1) is 22.7 Å². The molecule has 0 spiro atoms. The lowest BCUT2D eigenvalue weighted by Crippen LogP contribution is -1.81. The van der Waals surface area contributed by atoms with Crippen LogP contribution in [-0.4, -0.2) is 0 Å². The lowest BCUT2D eigenvalue weighted by Gasteiger charge is -1.99. The fourth-order valence-corrected chi connectivity index (χ4v) is 1.78. The molecule has 0 aliphatic carbocycles. The van der Waals surface area contributed by atoms with Gasteiger partial charge in [0, 0.05) is 6.08 Å². The summed E-state index contributed by atoms with van der Waals surface area (Å²) in [7, 11) is 0. The fraction of sp³-hybridized carbons (Fsp3) is 0. The molecule has 2 rings (SSSR count). The second-order valence-corrected chi connectivity index (χ2v) is 4.16. The van der Waals surface area contributed by atoms with Crippen molar-refractivity contribution in [3.8, 4) is 12.1 Å². The molecule has 0 unspecified atom stereocenters. The van der Waals surface area contributed by atoms with E-state index in [0.717, 1.165) is 16.7 Å². The van der Waals surface area contributed by atoms with Crippen molar-refractivity contribution in [1.29, 1.82) is 10.5 Å². The predicted molar refractivity (Wildman–Crippen MR) is 81.0 cm³/mol. The van der Waals surface area contributed by atoms with Crippen molar-refractivity contribution in [2.75, 3.05) is 0 Å². The molecule has 0 bridgehead atoms. The van der Waals surface area contributed by atoms with Crippen LogP contribution in [0.25, 0.3) is 17.7 Å². The zero-order valence-electron chi connectivity index (χ0n) is 10.8. The zero-order valence-corrected chi connectivity index (χ0v) is 10.8. The van der Waals surface area contributed by atoms with Crippen LogP contribution in [0.15, 0.2) is 60.7 Å². The maximum atomic E-state index is 8.95. The standard InChI is InChI=1S/C18H12N2/c19-13-12-18(14-20)17-10-8-16(9-11-17)7-6-15-4-2-1-3-5-15/h1-12H. The number of benzene rings is 2. The van der Waals surface area contributed by atoms with Crippen molar-refractivity contribution in [2.24, 2.45) is 0 Å². The lowest BCUT2D eigenvalue weighted by molar-refractivity contribution is 1.50. The van der Waals surface area contributed by atoms with Crippen LogP contribution in [0.3, 0.4) is 0 Å². The molecule has 2 aromatic carbocycles. The average Bonchev–Trinajstić information content (AvgIpc) is 2.52. The fourth-order valence-electron chi connectivity index (χ4n) is 1.78. The summed E-state index contributed by atoms with van der Waals surface area (Å²) in [6.45, 7) is 0. The van der Waals surface area contributed by atoms with Crippen molar-refractivity contribution >= 4 is 17.7 Å². The first-order valence-corrected chi connectivity index (χ1v) is 6.17. The van der Waals surface area contributed by atoms with Crippen molar-refractivity contribution in [3.63, 3.8) is 0 Å². The molecule has 0 heterocycles. The molecule has 0 aliphatic heterocycles. The summed E-state index contributed by atoms with van der Waals surface area (Å²) in [4.78, 5) is 0. The molecule has 94 valence electrons. The second-order valence-electron chi connectivity index (χ2n) is 4.16. The Hall–Kier alpha value is -3.10. The average molecular weight is 256 g/mol. The minimum atomic E-state index is 0.381. The molecule has 0 amide bonds. The lowest BCUT2D eigenvalue weighted by atomic mass is 10.0. The molecule has 0 aliphatic rings. The molecule has 0 radical (unpaired) electrons. The Morgan fingerprint density at radius 2 is 1.40 bits per heavy atom. The third-order valence-electron chi connectivity index (χ3n) is 2.82. The van der Waals surface area contributed by atoms with Crippen LogP contribution in [0.1, 0.15) is 16.7 Å². The van der Waals surface area contributed by atoms with E-state index in [0.29, 0.717) is 5.57 Å². The van der Waals surface area contributed by atoms with E-state index in [2.05, 4.69) is 0 Å². The SMILES string of the molecule is N#CC=C(C#N)c1ccc(C=Cc2ccccc2)cc1. The van der Waals surface area contributed by atoms with Crippen LogP contribution >= 0.6 is 0 Å². The smallest absolute Gasteiger partial charge is 0.101 e. The highest BCUT2D eigenvalue weighted by Crippen LogP contribution is 2.15. The van der Waals surface area contributed by atoms with Crippen molar-refractivity contribution in [3.05, 3.63) is 77.4 Å². The maximum absolute atomic E-state index is 8.95. The van der Waals surface area contributed by atoms with Gasteiger partial charge >= 0.3 is 0 Å². The molecule has 0 atom stereocenters. The van der Waals surface area contributed by atoms with Gasteiger partial charge in [-0.2, -0.15) is 10.5 Å². The molecular formula is C18H12N2. The summed E-state index contributed by atoms with van der Waals surface area (Å²) in [5.74, 6) is 0. The first-order valence-electron chi connectivity index (χ1n) is 6.17. The minimum absolute atomic E-state index is 0.381. The van der Waals surface area contributed by atoms with E-state index in [-0.39, 0.29) is 0 Å². The molecule has 0 N–H and O–H groups in total. The van der Waals surface area contributed by atoms with Gasteiger partial charge in [-0.1, -0.05) is 66.7 Å². The number of nitrogens with zero attached hydrogens (tertiary/aromatic N) is 2. The van der Waals surface area contributed by atoms with Gasteiger partial charge in [0.2, 0.25) is 0 Å². The summed E-state index contributed by atoms with van der Waals surface area (Å²) in [5.41, 5.74) is 3.32. The number of allylic oxidation sites excluding steroid dienone is 2. The van der Waals surface area contributed by atoms with E-state index < -0.39 is 0 Å². The first kappa shape index (κ1) is 13.3. The van der Waals surface area contributed by atoms with Crippen LogP contribution < -0.4 is 0 Å². The molecular weight excluding hydrogens is 244 g/mol. The molecule has 0 fully saturated rings. The van der Waals surface area contributed by atoms with E-state index in [4.69, 9.17) is 10.5 Å². The van der Waals surface area contributed by atoms with E-state index in [9.17, 15) is 0 Å². The summed E-state index contributed by atoms with van der Waals surface area (Å²) in [6.07, 6.45) is 5.30. The quantitative estimate of drug-likeness (QED) is 0.607. The monoisotopic (exact) mass is 256 g/mol. The predicted octanol–water partition coefficient (Wildman–Crippen LogP) is 4.29. The number of hydrogen-bond donors (Lipinski definition) is 0. The van der Waals surface area contributed by atoms with Gasteiger partial charge in [-0.15, -0.1) is 0 Å². The number of hydrogen-bond acceptors (Lipinski definition) is 2. The van der Waals surface area contributed by atoms with Gasteiger partial charge in [-0.3, -0.25) is 0 Å². The highest BCUT2D eigenvalue weighted by molar-refractivity contribution is 5.79. The highest BCUT2D eigenvalue weighted by atomic mass is 14.3. The summed E-state index contributed by atoms with van der Waals surface area (Å²) < 4.78 is 0. The topological polar surface area (TPSA) is 47.6 Å². The Bertz CT molecular complexity index is 709. The first-order chi connectivity index (χ1) is 9.83. The normalized spacial score (nSPS) is 11.0. The molecule has 2 nitrogen and oxygen atoms in total. The Kier molecular flexibility index (Phi) is 4.49. The maximum Gasteiger partial charge on any atom is 0.101 e. The summed E-state index contributed by atoms with van der Waals surface area (Å²) >= 11 is 0. The second kappa shape index (κ2) is 6.73. The molecule has 0 aromatic heterocycles. The Labute approximate surface area is 118 Å². The van der Waals surface area contributed by atoms with E-state index in [1.807, 2.05) is 78.9 Å².